The summed E-state index contributed by atoms with van der Waals surface area (Å²) in [6.07, 6.45) is 0. The van der Waals surface area contributed by atoms with Crippen LogP contribution >= 0.6 is 27.5 Å². The second-order valence-corrected chi connectivity index (χ2v) is 9.01. The fraction of sp³-hybridized carbons (Fsp3) is 0.105. The van der Waals surface area contributed by atoms with Crippen molar-refractivity contribution < 1.29 is 13.2 Å². The third kappa shape index (κ3) is 4.10. The van der Waals surface area contributed by atoms with E-state index in [4.69, 9.17) is 11.6 Å². The van der Waals surface area contributed by atoms with Crippen molar-refractivity contribution in [2.24, 2.45) is 0 Å². The van der Waals surface area contributed by atoms with Crippen LogP contribution in [-0.2, 0) is 10.0 Å². The highest BCUT2D eigenvalue weighted by Crippen LogP contribution is 2.24. The van der Waals surface area contributed by atoms with E-state index in [0.29, 0.717) is 0 Å². The number of amides is 1. The van der Waals surface area contributed by atoms with Gasteiger partial charge in [0.2, 0.25) is 0 Å². The number of aromatic nitrogens is 1. The Bertz CT molecular complexity index is 1100. The lowest BCUT2D eigenvalue weighted by atomic mass is 10.2. The number of aryl methyl sites for hydroxylation is 2. The van der Waals surface area contributed by atoms with Gasteiger partial charge in [0, 0.05) is 21.5 Å². The number of hydrogen-bond donors (Lipinski definition) is 1. The van der Waals surface area contributed by atoms with E-state index in [9.17, 15) is 13.2 Å². The Hall–Kier alpha value is -2.09. The molecular formula is C19H16BrClN2O3S. The van der Waals surface area contributed by atoms with Gasteiger partial charge in [-0.05, 0) is 68.4 Å². The summed E-state index contributed by atoms with van der Waals surface area (Å²) in [5, 5.41) is 0.170. The summed E-state index contributed by atoms with van der Waals surface area (Å²) in [4.78, 5) is 12.5. The SMILES string of the molecule is Cc1ccc(C)n1-c1ccc(C(=O)NS(=O)(=O)c2ccc(Br)cc2)c(Cl)c1. The number of nitrogens with one attached hydrogen (secondary N) is 1. The van der Waals surface area contributed by atoms with Crippen molar-refractivity contribution in [1.82, 2.24) is 9.29 Å². The highest BCUT2D eigenvalue weighted by molar-refractivity contribution is 9.10. The summed E-state index contributed by atoms with van der Waals surface area (Å²) in [7, 11) is -3.99. The average Bonchev–Trinajstić information content (AvgIpc) is 2.93. The molecule has 1 aromatic heterocycles. The lowest BCUT2D eigenvalue weighted by Gasteiger charge is -2.12. The zero-order valence-electron chi connectivity index (χ0n) is 14.5. The van der Waals surface area contributed by atoms with Gasteiger partial charge in [0.15, 0.2) is 0 Å². The molecule has 0 spiro atoms. The van der Waals surface area contributed by atoms with E-state index in [-0.39, 0.29) is 15.5 Å². The molecule has 0 atom stereocenters. The highest BCUT2D eigenvalue weighted by atomic mass is 79.9. The molecular weight excluding hydrogens is 452 g/mol. The molecule has 0 radical (unpaired) electrons. The van der Waals surface area contributed by atoms with Gasteiger partial charge in [0.05, 0.1) is 15.5 Å². The Morgan fingerprint density at radius 1 is 1.00 bits per heavy atom. The maximum Gasteiger partial charge on any atom is 0.266 e. The summed E-state index contributed by atoms with van der Waals surface area (Å²) < 4.78 is 29.6. The number of carbonyl (C=O) groups excluding carboxylic acids is 1. The van der Waals surface area contributed by atoms with Gasteiger partial charge in [-0.25, -0.2) is 13.1 Å². The molecule has 0 fully saturated rings. The molecule has 0 aliphatic heterocycles. The molecule has 5 nitrogen and oxygen atoms in total. The van der Waals surface area contributed by atoms with E-state index < -0.39 is 15.9 Å². The van der Waals surface area contributed by atoms with Crippen molar-refractivity contribution in [2.45, 2.75) is 18.7 Å². The molecule has 3 rings (SSSR count). The molecule has 0 bridgehead atoms. The second kappa shape index (κ2) is 7.50. The number of carbonyl (C=O) groups is 1. The fourth-order valence-corrected chi connectivity index (χ4v) is 4.24. The molecule has 0 saturated heterocycles. The minimum absolute atomic E-state index is 0.00890. The standard InChI is InChI=1S/C19H16BrClN2O3S/c1-12-3-4-13(2)23(12)15-7-10-17(18(21)11-15)19(24)22-27(25,26)16-8-5-14(20)6-9-16/h3-11H,1-2H3,(H,22,24). The van der Waals surface area contributed by atoms with Gasteiger partial charge in [-0.1, -0.05) is 27.5 Å². The van der Waals surface area contributed by atoms with E-state index in [1.165, 1.54) is 18.2 Å². The van der Waals surface area contributed by atoms with E-state index >= 15 is 0 Å². The van der Waals surface area contributed by atoms with Gasteiger partial charge in [0.25, 0.3) is 15.9 Å². The predicted octanol–water partition coefficient (Wildman–Crippen LogP) is 4.63. The molecule has 1 heterocycles. The maximum atomic E-state index is 12.5. The van der Waals surface area contributed by atoms with E-state index in [1.807, 2.05) is 30.5 Å². The molecule has 0 aliphatic carbocycles. The number of benzene rings is 2. The predicted molar refractivity (Wildman–Crippen MR) is 109 cm³/mol. The molecule has 2 aromatic carbocycles. The Morgan fingerprint density at radius 2 is 1.59 bits per heavy atom. The highest BCUT2D eigenvalue weighted by Gasteiger charge is 2.21. The fourth-order valence-electron chi connectivity index (χ4n) is 2.75. The molecule has 0 aliphatic rings. The third-order valence-corrected chi connectivity index (χ3v) is 6.27. The lowest BCUT2D eigenvalue weighted by Crippen LogP contribution is -2.30. The summed E-state index contributed by atoms with van der Waals surface area (Å²) >= 11 is 9.51. The van der Waals surface area contributed by atoms with Gasteiger partial charge in [0.1, 0.15) is 0 Å². The second-order valence-electron chi connectivity index (χ2n) is 6.00. The monoisotopic (exact) mass is 466 g/mol. The number of halogens is 2. The molecule has 1 amide bonds. The van der Waals surface area contributed by atoms with E-state index in [0.717, 1.165) is 21.5 Å². The molecule has 1 N–H and O–H groups in total. The molecule has 27 heavy (non-hydrogen) atoms. The van der Waals surface area contributed by atoms with Gasteiger partial charge < -0.3 is 4.57 Å². The van der Waals surface area contributed by atoms with Crippen LogP contribution in [0.3, 0.4) is 0 Å². The number of hydrogen-bond acceptors (Lipinski definition) is 3. The zero-order chi connectivity index (χ0) is 19.8. The van der Waals surface area contributed by atoms with Gasteiger partial charge in [-0.15, -0.1) is 0 Å². The van der Waals surface area contributed by atoms with Crippen LogP contribution in [0, 0.1) is 13.8 Å². The first-order valence-electron chi connectivity index (χ1n) is 7.96. The van der Waals surface area contributed by atoms with Crippen LogP contribution in [0.15, 0.2) is 64.0 Å². The van der Waals surface area contributed by atoms with Crippen molar-refractivity contribution >= 4 is 43.5 Å². The summed E-state index contributed by atoms with van der Waals surface area (Å²) in [6, 6.07) is 14.8. The van der Waals surface area contributed by atoms with Crippen molar-refractivity contribution in [2.75, 3.05) is 0 Å². The van der Waals surface area contributed by atoms with Gasteiger partial charge in [-0.3, -0.25) is 4.79 Å². The van der Waals surface area contributed by atoms with Crippen LogP contribution in [0.25, 0.3) is 5.69 Å². The maximum absolute atomic E-state index is 12.5. The van der Waals surface area contributed by atoms with Crippen molar-refractivity contribution in [3.8, 4) is 5.69 Å². The molecule has 0 saturated carbocycles. The van der Waals surface area contributed by atoms with Crippen LogP contribution in [0.1, 0.15) is 21.7 Å². The minimum Gasteiger partial charge on any atom is -0.318 e. The quantitative estimate of drug-likeness (QED) is 0.608. The largest absolute Gasteiger partial charge is 0.318 e. The number of rotatable bonds is 4. The van der Waals surface area contributed by atoms with Gasteiger partial charge >= 0.3 is 0 Å². The summed E-state index contributed by atoms with van der Waals surface area (Å²) in [6.45, 7) is 3.93. The van der Waals surface area contributed by atoms with Crippen LogP contribution in [0.4, 0.5) is 0 Å². The molecule has 0 unspecified atom stereocenters. The van der Waals surface area contributed by atoms with E-state index in [2.05, 4.69) is 20.7 Å². The average molecular weight is 468 g/mol. The molecule has 8 heteroatoms. The van der Waals surface area contributed by atoms with Crippen molar-refractivity contribution in [1.29, 1.82) is 0 Å². The lowest BCUT2D eigenvalue weighted by molar-refractivity contribution is 0.0981. The summed E-state index contributed by atoms with van der Waals surface area (Å²) in [5.41, 5.74) is 2.94. The van der Waals surface area contributed by atoms with Gasteiger partial charge in [-0.2, -0.15) is 0 Å². The van der Waals surface area contributed by atoms with Crippen LogP contribution in [0.2, 0.25) is 5.02 Å². The first kappa shape index (κ1) is 19.7. The molecule has 140 valence electrons. The summed E-state index contributed by atoms with van der Waals surface area (Å²) in [5.74, 6) is -0.782. The van der Waals surface area contributed by atoms with Crippen molar-refractivity contribution in [3.05, 3.63) is 81.0 Å². The molecule has 3 aromatic rings. The van der Waals surface area contributed by atoms with E-state index in [1.54, 1.807) is 24.3 Å². The smallest absolute Gasteiger partial charge is 0.266 e. The first-order valence-corrected chi connectivity index (χ1v) is 10.6. The Kier molecular flexibility index (Phi) is 5.46. The van der Waals surface area contributed by atoms with Crippen molar-refractivity contribution in [3.63, 3.8) is 0 Å². The third-order valence-electron chi connectivity index (χ3n) is 4.08. The zero-order valence-corrected chi connectivity index (χ0v) is 17.7. The van der Waals surface area contributed by atoms with Crippen LogP contribution in [0.5, 0.6) is 0 Å². The van der Waals surface area contributed by atoms with Crippen LogP contribution in [-0.4, -0.2) is 18.9 Å². The Balaban J connectivity index is 1.88. The number of sulfonamides is 1. The topological polar surface area (TPSA) is 68.2 Å². The first-order chi connectivity index (χ1) is 12.7. The Morgan fingerprint density at radius 3 is 2.15 bits per heavy atom. The Labute approximate surface area is 171 Å². The number of nitrogens with zero attached hydrogens (tertiary/aromatic N) is 1. The normalized spacial score (nSPS) is 11.4. The van der Waals surface area contributed by atoms with Crippen LogP contribution < -0.4 is 4.72 Å². The minimum atomic E-state index is -3.99.